The molecular formula is C25H39O4-. The Hall–Kier alpha value is -1.06. The largest absolute Gasteiger partial charge is 0.550 e. The third kappa shape index (κ3) is 3.53. The Morgan fingerprint density at radius 3 is 2.52 bits per heavy atom. The molecule has 0 aromatic heterocycles. The molecule has 0 aliphatic heterocycles. The fourth-order valence-electron chi connectivity index (χ4n) is 8.94. The van der Waals surface area contributed by atoms with Crippen LogP contribution in [0.15, 0.2) is 0 Å². The molecule has 0 aromatic carbocycles. The van der Waals surface area contributed by atoms with Gasteiger partial charge in [0.05, 0.1) is 0 Å². The molecule has 0 bridgehead atoms. The zero-order valence-corrected chi connectivity index (χ0v) is 18.5. The predicted molar refractivity (Wildman–Crippen MR) is 110 cm³/mol. The van der Waals surface area contributed by atoms with Gasteiger partial charge in [-0.3, -0.25) is 4.79 Å². The molecule has 4 rings (SSSR count). The van der Waals surface area contributed by atoms with Crippen molar-refractivity contribution in [1.82, 2.24) is 0 Å². The van der Waals surface area contributed by atoms with Gasteiger partial charge in [0.1, 0.15) is 6.10 Å². The number of rotatable bonds is 6. The van der Waals surface area contributed by atoms with Crippen molar-refractivity contribution in [3.63, 3.8) is 0 Å². The van der Waals surface area contributed by atoms with Gasteiger partial charge in [0.2, 0.25) is 0 Å². The number of aliphatic carboxylic acids is 1. The molecule has 0 radical (unpaired) electrons. The first-order valence-electron chi connectivity index (χ1n) is 12.1. The summed E-state index contributed by atoms with van der Waals surface area (Å²) in [5.41, 5.74) is 0.791. The molecule has 164 valence electrons. The summed E-state index contributed by atoms with van der Waals surface area (Å²) < 4.78 is 5.35. The molecular weight excluding hydrogens is 364 g/mol. The Kier molecular flexibility index (Phi) is 5.76. The van der Waals surface area contributed by atoms with Crippen LogP contribution in [-0.4, -0.2) is 18.5 Å². The van der Waals surface area contributed by atoms with Crippen LogP contribution in [0.25, 0.3) is 0 Å². The van der Waals surface area contributed by atoms with E-state index in [0.29, 0.717) is 35.1 Å². The van der Waals surface area contributed by atoms with Gasteiger partial charge in [-0.25, -0.2) is 0 Å². The van der Waals surface area contributed by atoms with Gasteiger partial charge < -0.3 is 14.6 Å². The van der Waals surface area contributed by atoms with Crippen LogP contribution >= 0.6 is 0 Å². The van der Waals surface area contributed by atoms with Gasteiger partial charge in [0.15, 0.2) is 0 Å². The van der Waals surface area contributed by atoms with E-state index in [4.69, 9.17) is 4.74 Å². The second-order valence-corrected chi connectivity index (χ2v) is 11.4. The molecule has 4 aliphatic carbocycles. The lowest BCUT2D eigenvalue weighted by Crippen LogP contribution is -2.54. The Morgan fingerprint density at radius 2 is 1.79 bits per heavy atom. The molecule has 0 saturated heterocycles. The minimum Gasteiger partial charge on any atom is -0.550 e. The maximum absolute atomic E-state index is 11.0. The molecule has 0 unspecified atom stereocenters. The zero-order valence-electron chi connectivity index (χ0n) is 18.5. The molecule has 0 amide bonds. The topological polar surface area (TPSA) is 66.4 Å². The number of carboxylic acids is 1. The van der Waals surface area contributed by atoms with Crippen LogP contribution in [0.4, 0.5) is 0 Å². The van der Waals surface area contributed by atoms with Crippen LogP contribution in [0.2, 0.25) is 0 Å². The first-order valence-corrected chi connectivity index (χ1v) is 12.1. The van der Waals surface area contributed by atoms with Gasteiger partial charge >= 0.3 is 0 Å². The number of carbonyl (C=O) groups excluding carboxylic acids is 2. The fraction of sp³-hybridized carbons (Fsp3) is 0.920. The van der Waals surface area contributed by atoms with Crippen LogP contribution in [0.5, 0.6) is 0 Å². The van der Waals surface area contributed by atoms with Crippen LogP contribution in [-0.2, 0) is 14.3 Å². The third-order valence-corrected chi connectivity index (χ3v) is 10.4. The van der Waals surface area contributed by atoms with E-state index >= 15 is 0 Å². The minimum absolute atomic E-state index is 0.136. The first-order chi connectivity index (χ1) is 13.8. The van der Waals surface area contributed by atoms with Gasteiger partial charge in [0.25, 0.3) is 6.47 Å². The van der Waals surface area contributed by atoms with Crippen molar-refractivity contribution in [1.29, 1.82) is 0 Å². The van der Waals surface area contributed by atoms with E-state index in [0.717, 1.165) is 37.0 Å². The number of carboxylic acid groups (broad SMARTS) is 1. The van der Waals surface area contributed by atoms with Gasteiger partial charge in [0, 0.05) is 5.97 Å². The third-order valence-electron chi connectivity index (χ3n) is 10.4. The SMILES string of the molecule is C[C@H](CCC(=O)[O-])[C@H]1CC[C@H]2[C@H]3CC[C@@H]4C[C@H](OC=O)CC[C@]4(C)[C@H]3CC[C@]12C. The monoisotopic (exact) mass is 403 g/mol. The number of hydrogen-bond acceptors (Lipinski definition) is 4. The number of fused-ring (bicyclic) bond motifs is 5. The Morgan fingerprint density at radius 1 is 1.07 bits per heavy atom. The number of carbonyl (C=O) groups is 2. The molecule has 9 atom stereocenters. The lowest BCUT2D eigenvalue weighted by atomic mass is 9.44. The standard InChI is InChI=1S/C25H40O4/c1-16(4-9-23(27)28)20-7-8-21-19-6-5-17-14-18(29-15-26)10-12-24(17,2)22(19)11-13-25(20,21)3/h15-22H,4-14H2,1-3H3,(H,27,28)/p-1/t16-,17-,18-,19-,20-,21+,22+,24+,25-/m1/s1. The van der Waals surface area contributed by atoms with E-state index < -0.39 is 5.97 Å². The van der Waals surface area contributed by atoms with Crippen molar-refractivity contribution in [3.8, 4) is 0 Å². The highest BCUT2D eigenvalue weighted by atomic mass is 16.5. The highest BCUT2D eigenvalue weighted by Crippen LogP contribution is 2.68. The second-order valence-electron chi connectivity index (χ2n) is 11.4. The maximum Gasteiger partial charge on any atom is 0.293 e. The van der Waals surface area contributed by atoms with Crippen molar-refractivity contribution in [2.75, 3.05) is 0 Å². The van der Waals surface area contributed by atoms with Crippen molar-refractivity contribution < 1.29 is 19.4 Å². The van der Waals surface area contributed by atoms with E-state index in [1.165, 1.54) is 44.9 Å². The highest BCUT2D eigenvalue weighted by molar-refractivity contribution is 5.64. The molecule has 29 heavy (non-hydrogen) atoms. The predicted octanol–water partition coefficient (Wildman–Crippen LogP) is 4.35. The summed E-state index contributed by atoms with van der Waals surface area (Å²) in [7, 11) is 0. The highest BCUT2D eigenvalue weighted by Gasteiger charge is 2.60. The lowest BCUT2D eigenvalue weighted by molar-refractivity contribution is -0.306. The maximum atomic E-state index is 11.0. The second kappa shape index (κ2) is 7.89. The van der Waals surface area contributed by atoms with E-state index in [-0.39, 0.29) is 12.5 Å². The molecule has 0 spiro atoms. The van der Waals surface area contributed by atoms with Crippen LogP contribution in [0.1, 0.15) is 91.4 Å². The summed E-state index contributed by atoms with van der Waals surface area (Å²) in [5, 5.41) is 11.0. The van der Waals surface area contributed by atoms with Crippen molar-refractivity contribution >= 4 is 12.4 Å². The molecule has 0 N–H and O–H groups in total. The zero-order chi connectivity index (χ0) is 20.8. The summed E-state index contributed by atoms with van der Waals surface area (Å²) in [6.07, 6.45) is 12.2. The van der Waals surface area contributed by atoms with E-state index in [2.05, 4.69) is 20.8 Å². The Labute approximate surface area is 176 Å². The normalized spacial score (nSPS) is 47.4. The average Bonchev–Trinajstić information content (AvgIpc) is 3.04. The van der Waals surface area contributed by atoms with Gasteiger partial charge in [-0.1, -0.05) is 20.8 Å². The summed E-state index contributed by atoms with van der Waals surface area (Å²) in [6, 6.07) is 0. The molecule has 4 fully saturated rings. The molecule has 4 saturated carbocycles. The first kappa shape index (κ1) is 21.2. The Balaban J connectivity index is 1.48. The van der Waals surface area contributed by atoms with Crippen LogP contribution in [0, 0.1) is 46.3 Å². The van der Waals surface area contributed by atoms with Crippen LogP contribution in [0.3, 0.4) is 0 Å². The Bertz CT molecular complexity index is 632. The average molecular weight is 404 g/mol. The summed E-state index contributed by atoms with van der Waals surface area (Å²) in [4.78, 5) is 21.8. The summed E-state index contributed by atoms with van der Waals surface area (Å²) >= 11 is 0. The van der Waals surface area contributed by atoms with E-state index in [1.54, 1.807) is 0 Å². The van der Waals surface area contributed by atoms with Crippen molar-refractivity contribution in [2.45, 2.75) is 97.5 Å². The summed E-state index contributed by atoms with van der Waals surface area (Å²) in [6.45, 7) is 8.00. The van der Waals surface area contributed by atoms with Crippen molar-refractivity contribution in [3.05, 3.63) is 0 Å². The fourth-order valence-corrected chi connectivity index (χ4v) is 8.94. The van der Waals surface area contributed by atoms with Gasteiger partial charge in [-0.2, -0.15) is 0 Å². The quantitative estimate of drug-likeness (QED) is 0.618. The molecule has 4 heteroatoms. The number of ether oxygens (including phenoxy) is 1. The van der Waals surface area contributed by atoms with Crippen molar-refractivity contribution in [2.24, 2.45) is 46.3 Å². The molecule has 0 aromatic rings. The summed E-state index contributed by atoms with van der Waals surface area (Å²) in [5.74, 6) is 3.38. The smallest absolute Gasteiger partial charge is 0.293 e. The molecule has 4 nitrogen and oxygen atoms in total. The van der Waals surface area contributed by atoms with E-state index in [9.17, 15) is 14.7 Å². The lowest BCUT2D eigenvalue weighted by Gasteiger charge is -2.61. The van der Waals surface area contributed by atoms with Gasteiger partial charge in [-0.05, 0) is 117 Å². The van der Waals surface area contributed by atoms with E-state index in [1.807, 2.05) is 0 Å². The molecule has 4 aliphatic rings. The minimum atomic E-state index is -0.902. The molecule has 0 heterocycles. The number of hydrogen-bond donors (Lipinski definition) is 0. The van der Waals surface area contributed by atoms with Gasteiger partial charge in [-0.15, -0.1) is 0 Å². The van der Waals surface area contributed by atoms with Crippen LogP contribution < -0.4 is 5.11 Å².